The average Bonchev–Trinajstić information content (AvgIpc) is 3.04. The summed E-state index contributed by atoms with van der Waals surface area (Å²) in [5, 5.41) is 15.1. The Morgan fingerprint density at radius 1 is 1.24 bits per heavy atom. The molecule has 0 aliphatic rings. The summed E-state index contributed by atoms with van der Waals surface area (Å²) in [7, 11) is 0. The number of hydrogen-bond donors (Lipinski definition) is 3. The Balaban J connectivity index is 1.70. The van der Waals surface area contributed by atoms with Crippen LogP contribution >= 0.6 is 0 Å². The number of benzene rings is 1. The molecule has 0 saturated heterocycles. The van der Waals surface area contributed by atoms with Gasteiger partial charge in [0.15, 0.2) is 0 Å². The van der Waals surface area contributed by atoms with Gasteiger partial charge in [-0.05, 0) is 36.6 Å². The molecule has 1 aromatic heterocycles. The molecule has 1 aromatic carbocycles. The maximum Gasteiger partial charge on any atom is 0.314 e. The van der Waals surface area contributed by atoms with E-state index in [1.807, 2.05) is 13.8 Å². The third-order valence-corrected chi connectivity index (χ3v) is 3.80. The van der Waals surface area contributed by atoms with Crippen LogP contribution in [0.2, 0.25) is 0 Å². The molecule has 1 unspecified atom stereocenters. The van der Waals surface area contributed by atoms with Crippen molar-refractivity contribution in [1.82, 2.24) is 15.6 Å². The lowest BCUT2D eigenvalue weighted by Gasteiger charge is -2.14. The van der Waals surface area contributed by atoms with Crippen LogP contribution in [-0.4, -0.2) is 35.3 Å². The van der Waals surface area contributed by atoms with Crippen LogP contribution in [-0.2, 0) is 6.42 Å². The van der Waals surface area contributed by atoms with Crippen LogP contribution in [0, 0.1) is 11.7 Å². The summed E-state index contributed by atoms with van der Waals surface area (Å²) in [6.45, 7) is 4.70. The molecule has 1 heterocycles. The Labute approximate surface area is 146 Å². The number of aromatic nitrogens is 1. The molecule has 136 valence electrons. The number of rotatable bonds is 8. The van der Waals surface area contributed by atoms with Crippen molar-refractivity contribution in [3.05, 3.63) is 42.0 Å². The minimum absolute atomic E-state index is 0.173. The zero-order valence-electron chi connectivity index (χ0n) is 14.5. The fourth-order valence-corrected chi connectivity index (χ4v) is 2.18. The molecule has 7 heteroatoms. The first kappa shape index (κ1) is 18.9. The van der Waals surface area contributed by atoms with Gasteiger partial charge in [-0.15, -0.1) is 0 Å². The van der Waals surface area contributed by atoms with Gasteiger partial charge in [-0.25, -0.2) is 14.2 Å². The molecule has 25 heavy (non-hydrogen) atoms. The van der Waals surface area contributed by atoms with Crippen LogP contribution in [0.4, 0.5) is 9.18 Å². The first-order valence-corrected chi connectivity index (χ1v) is 8.36. The number of aliphatic hydroxyl groups is 1. The van der Waals surface area contributed by atoms with E-state index >= 15 is 0 Å². The van der Waals surface area contributed by atoms with Crippen LogP contribution in [0.5, 0.6) is 0 Å². The number of nitrogens with one attached hydrogen (secondary N) is 2. The molecule has 0 saturated carbocycles. The molecule has 6 nitrogen and oxygen atoms in total. The molecule has 0 bridgehead atoms. The molecule has 0 fully saturated rings. The maximum absolute atomic E-state index is 12.9. The van der Waals surface area contributed by atoms with E-state index < -0.39 is 6.10 Å². The normalized spacial score (nSPS) is 12.2. The minimum atomic E-state index is -0.416. The number of oxazole rings is 1. The van der Waals surface area contributed by atoms with Gasteiger partial charge in [0.1, 0.15) is 12.1 Å². The topological polar surface area (TPSA) is 87.4 Å². The van der Waals surface area contributed by atoms with E-state index in [9.17, 15) is 14.3 Å². The van der Waals surface area contributed by atoms with Crippen molar-refractivity contribution in [3.8, 4) is 11.5 Å². The van der Waals surface area contributed by atoms with Crippen molar-refractivity contribution in [3.63, 3.8) is 0 Å². The Morgan fingerprint density at radius 2 is 1.92 bits per heavy atom. The number of hydrogen-bond acceptors (Lipinski definition) is 4. The number of carbonyl (C=O) groups excluding carboxylic acids is 1. The standard InChI is InChI=1S/C18H24FN3O3/c1-12(2)16(23)8-10-21-18(24)20-9-7-15-11-25-17(22-15)13-3-5-14(19)6-4-13/h3-6,11-12,16,23H,7-10H2,1-2H3,(H2,20,21,24). The fraction of sp³-hybridized carbons (Fsp3) is 0.444. The van der Waals surface area contributed by atoms with E-state index in [0.29, 0.717) is 43.1 Å². The summed E-state index contributed by atoms with van der Waals surface area (Å²) in [4.78, 5) is 16.0. The Bertz CT molecular complexity index is 670. The fourth-order valence-electron chi connectivity index (χ4n) is 2.18. The van der Waals surface area contributed by atoms with Crippen molar-refractivity contribution in [1.29, 1.82) is 0 Å². The molecule has 0 aliphatic heterocycles. The maximum atomic E-state index is 12.9. The molecular weight excluding hydrogens is 325 g/mol. The lowest BCUT2D eigenvalue weighted by atomic mass is 10.0. The Kier molecular flexibility index (Phi) is 6.94. The second kappa shape index (κ2) is 9.17. The van der Waals surface area contributed by atoms with Crippen molar-refractivity contribution in [2.45, 2.75) is 32.8 Å². The van der Waals surface area contributed by atoms with E-state index in [-0.39, 0.29) is 17.8 Å². The van der Waals surface area contributed by atoms with Crippen molar-refractivity contribution in [2.24, 2.45) is 5.92 Å². The summed E-state index contributed by atoms with van der Waals surface area (Å²) < 4.78 is 18.3. The highest BCUT2D eigenvalue weighted by atomic mass is 19.1. The summed E-state index contributed by atoms with van der Waals surface area (Å²) in [6, 6.07) is 5.62. The SMILES string of the molecule is CC(C)C(O)CCNC(=O)NCCc1coc(-c2ccc(F)cc2)n1. The quantitative estimate of drug-likeness (QED) is 0.684. The Hall–Kier alpha value is -2.41. The lowest BCUT2D eigenvalue weighted by Crippen LogP contribution is -2.38. The lowest BCUT2D eigenvalue weighted by molar-refractivity contribution is 0.116. The molecule has 1 atom stereocenters. The Morgan fingerprint density at radius 3 is 2.60 bits per heavy atom. The molecular formula is C18H24FN3O3. The third kappa shape index (κ3) is 6.19. The van der Waals surface area contributed by atoms with Crippen molar-refractivity contribution in [2.75, 3.05) is 13.1 Å². The minimum Gasteiger partial charge on any atom is -0.444 e. The predicted octanol–water partition coefficient (Wildman–Crippen LogP) is 2.73. The summed E-state index contributed by atoms with van der Waals surface area (Å²) >= 11 is 0. The largest absolute Gasteiger partial charge is 0.444 e. The van der Waals surface area contributed by atoms with Gasteiger partial charge in [0.25, 0.3) is 0 Å². The highest BCUT2D eigenvalue weighted by Crippen LogP contribution is 2.18. The zero-order chi connectivity index (χ0) is 18.2. The van der Waals surface area contributed by atoms with E-state index in [1.54, 1.807) is 12.1 Å². The molecule has 3 N–H and O–H groups in total. The smallest absolute Gasteiger partial charge is 0.314 e. The van der Waals surface area contributed by atoms with Gasteiger partial charge < -0.3 is 20.2 Å². The van der Waals surface area contributed by atoms with Crippen molar-refractivity contribution < 1.29 is 18.7 Å². The average molecular weight is 349 g/mol. The van der Waals surface area contributed by atoms with E-state index in [0.717, 1.165) is 0 Å². The van der Waals surface area contributed by atoms with Crippen LogP contribution in [0.25, 0.3) is 11.5 Å². The number of aliphatic hydroxyl groups excluding tert-OH is 1. The van der Waals surface area contributed by atoms with Gasteiger partial charge in [0, 0.05) is 25.1 Å². The summed E-state index contributed by atoms with van der Waals surface area (Å²) in [5.74, 6) is 0.279. The summed E-state index contributed by atoms with van der Waals surface area (Å²) in [5.41, 5.74) is 1.40. The van der Waals surface area contributed by atoms with Gasteiger partial charge >= 0.3 is 6.03 Å². The van der Waals surface area contributed by atoms with E-state index in [2.05, 4.69) is 15.6 Å². The monoisotopic (exact) mass is 349 g/mol. The first-order chi connectivity index (χ1) is 12.0. The third-order valence-electron chi connectivity index (χ3n) is 3.80. The van der Waals surface area contributed by atoms with Crippen LogP contribution in [0.1, 0.15) is 26.0 Å². The van der Waals surface area contributed by atoms with Crippen LogP contribution < -0.4 is 10.6 Å². The van der Waals surface area contributed by atoms with Crippen LogP contribution in [0.3, 0.4) is 0 Å². The molecule has 2 rings (SSSR count). The van der Waals surface area contributed by atoms with E-state index in [1.165, 1.54) is 18.4 Å². The number of nitrogens with zero attached hydrogens (tertiary/aromatic N) is 1. The molecule has 0 spiro atoms. The highest BCUT2D eigenvalue weighted by Gasteiger charge is 2.10. The number of urea groups is 1. The van der Waals surface area contributed by atoms with Crippen LogP contribution in [0.15, 0.2) is 34.9 Å². The second-order valence-electron chi connectivity index (χ2n) is 6.18. The number of amides is 2. The van der Waals surface area contributed by atoms with Gasteiger partial charge in [-0.3, -0.25) is 0 Å². The zero-order valence-corrected chi connectivity index (χ0v) is 14.5. The molecule has 2 amide bonds. The number of carbonyl (C=O) groups is 1. The molecule has 0 aliphatic carbocycles. The molecule has 2 aromatic rings. The van der Waals surface area contributed by atoms with Gasteiger partial charge in [-0.1, -0.05) is 13.8 Å². The van der Waals surface area contributed by atoms with Crippen molar-refractivity contribution >= 4 is 6.03 Å². The molecule has 0 radical (unpaired) electrons. The van der Waals surface area contributed by atoms with Gasteiger partial charge in [0.05, 0.1) is 11.8 Å². The van der Waals surface area contributed by atoms with E-state index in [4.69, 9.17) is 4.42 Å². The second-order valence-corrected chi connectivity index (χ2v) is 6.18. The first-order valence-electron chi connectivity index (χ1n) is 8.36. The number of halogens is 1. The van der Waals surface area contributed by atoms with Gasteiger partial charge in [0.2, 0.25) is 5.89 Å². The van der Waals surface area contributed by atoms with Gasteiger partial charge in [-0.2, -0.15) is 0 Å². The highest BCUT2D eigenvalue weighted by molar-refractivity contribution is 5.73. The summed E-state index contributed by atoms with van der Waals surface area (Å²) in [6.07, 6.45) is 2.15. The predicted molar refractivity (Wildman–Crippen MR) is 92.5 cm³/mol.